The van der Waals surface area contributed by atoms with Gasteiger partial charge >= 0.3 is 0 Å². The molecule has 3 nitrogen and oxygen atoms in total. The van der Waals surface area contributed by atoms with Crippen molar-refractivity contribution in [1.82, 2.24) is 5.32 Å². The number of amides is 2. The summed E-state index contributed by atoms with van der Waals surface area (Å²) in [6.07, 6.45) is 1.13. The summed E-state index contributed by atoms with van der Waals surface area (Å²) in [5.74, 6) is -0.302. The highest BCUT2D eigenvalue weighted by atomic mass is 16.2. The van der Waals surface area contributed by atoms with Crippen LogP contribution in [-0.2, 0) is 16.0 Å². The van der Waals surface area contributed by atoms with Gasteiger partial charge in [0.2, 0.25) is 11.8 Å². The van der Waals surface area contributed by atoms with Gasteiger partial charge in [-0.2, -0.15) is 0 Å². The van der Waals surface area contributed by atoms with Crippen LogP contribution in [0.4, 0.5) is 0 Å². The van der Waals surface area contributed by atoms with E-state index in [4.69, 9.17) is 0 Å². The lowest BCUT2D eigenvalue weighted by molar-refractivity contribution is -0.141. The molecule has 0 radical (unpaired) electrons. The number of hydrogen-bond donors (Lipinski definition) is 1. The van der Waals surface area contributed by atoms with Crippen molar-refractivity contribution in [3.05, 3.63) is 35.9 Å². The molecule has 1 aliphatic heterocycles. The lowest BCUT2D eigenvalue weighted by Crippen LogP contribution is -2.50. The van der Waals surface area contributed by atoms with Gasteiger partial charge in [-0.25, -0.2) is 0 Å². The fourth-order valence-electron chi connectivity index (χ4n) is 2.82. The van der Waals surface area contributed by atoms with Crippen molar-refractivity contribution in [3.63, 3.8) is 0 Å². The van der Waals surface area contributed by atoms with Gasteiger partial charge in [-0.1, -0.05) is 51.1 Å². The van der Waals surface area contributed by atoms with Crippen molar-refractivity contribution in [2.75, 3.05) is 0 Å². The Morgan fingerprint density at radius 1 is 1.16 bits per heavy atom. The molecular formula is C16H21NO2. The summed E-state index contributed by atoms with van der Waals surface area (Å²) in [6, 6.07) is 9.99. The smallest absolute Gasteiger partial charge is 0.230 e. The second-order valence-electron chi connectivity index (χ2n) is 6.39. The standard InChI is InChI=1S/C16H21NO2/c1-16(2,3)13-10-14(18)17-15(19)12(13)9-11-7-5-4-6-8-11/h4-8,12-13H,9-10H2,1-3H3,(H,17,18,19). The molecule has 2 rings (SSSR count). The van der Waals surface area contributed by atoms with Crippen molar-refractivity contribution < 1.29 is 9.59 Å². The Morgan fingerprint density at radius 3 is 2.37 bits per heavy atom. The molecule has 1 aliphatic rings. The fraction of sp³-hybridized carbons (Fsp3) is 0.500. The lowest BCUT2D eigenvalue weighted by Gasteiger charge is -2.39. The number of rotatable bonds is 2. The van der Waals surface area contributed by atoms with Crippen LogP contribution in [0.2, 0.25) is 0 Å². The normalized spacial score (nSPS) is 24.2. The van der Waals surface area contributed by atoms with Crippen LogP contribution in [0.5, 0.6) is 0 Å². The number of nitrogens with one attached hydrogen (secondary N) is 1. The van der Waals surface area contributed by atoms with E-state index in [0.29, 0.717) is 12.8 Å². The van der Waals surface area contributed by atoms with Crippen LogP contribution < -0.4 is 5.32 Å². The van der Waals surface area contributed by atoms with E-state index in [1.54, 1.807) is 0 Å². The zero-order chi connectivity index (χ0) is 14.0. The maximum absolute atomic E-state index is 12.1. The van der Waals surface area contributed by atoms with Crippen LogP contribution in [0.1, 0.15) is 32.8 Å². The van der Waals surface area contributed by atoms with Gasteiger partial charge in [-0.15, -0.1) is 0 Å². The first-order valence-electron chi connectivity index (χ1n) is 6.75. The van der Waals surface area contributed by atoms with Gasteiger partial charge in [-0.05, 0) is 23.3 Å². The third-order valence-electron chi connectivity index (χ3n) is 3.90. The third-order valence-corrected chi connectivity index (χ3v) is 3.90. The molecular weight excluding hydrogens is 238 g/mol. The molecule has 0 aliphatic carbocycles. The van der Waals surface area contributed by atoms with E-state index in [0.717, 1.165) is 5.56 Å². The molecule has 2 unspecified atom stereocenters. The summed E-state index contributed by atoms with van der Waals surface area (Å²) in [6.45, 7) is 6.30. The molecule has 2 atom stereocenters. The first-order chi connectivity index (χ1) is 8.88. The predicted molar refractivity (Wildman–Crippen MR) is 74.3 cm³/mol. The molecule has 1 fully saturated rings. The quantitative estimate of drug-likeness (QED) is 0.830. The van der Waals surface area contributed by atoms with E-state index < -0.39 is 0 Å². The largest absolute Gasteiger partial charge is 0.296 e. The summed E-state index contributed by atoms with van der Waals surface area (Å²) >= 11 is 0. The van der Waals surface area contributed by atoms with Gasteiger partial charge < -0.3 is 0 Å². The van der Waals surface area contributed by atoms with Gasteiger partial charge in [0.1, 0.15) is 0 Å². The van der Waals surface area contributed by atoms with Gasteiger partial charge in [-0.3, -0.25) is 14.9 Å². The Balaban J connectivity index is 2.23. The molecule has 1 saturated heterocycles. The Hall–Kier alpha value is -1.64. The molecule has 3 heteroatoms. The molecule has 1 aromatic rings. The maximum Gasteiger partial charge on any atom is 0.230 e. The van der Waals surface area contributed by atoms with Crippen molar-refractivity contribution >= 4 is 11.8 Å². The van der Waals surface area contributed by atoms with E-state index in [9.17, 15) is 9.59 Å². The average Bonchev–Trinajstić information content (AvgIpc) is 2.32. The van der Waals surface area contributed by atoms with Crippen LogP contribution in [0.15, 0.2) is 30.3 Å². The molecule has 0 bridgehead atoms. The number of benzene rings is 1. The molecule has 102 valence electrons. The van der Waals surface area contributed by atoms with Gasteiger partial charge in [0, 0.05) is 12.3 Å². The van der Waals surface area contributed by atoms with E-state index in [-0.39, 0.29) is 29.1 Å². The summed E-state index contributed by atoms with van der Waals surface area (Å²) in [5, 5.41) is 2.47. The molecule has 0 aromatic heterocycles. The molecule has 1 heterocycles. The van der Waals surface area contributed by atoms with Crippen LogP contribution in [0.3, 0.4) is 0 Å². The molecule has 0 spiro atoms. The minimum absolute atomic E-state index is 0.0487. The minimum Gasteiger partial charge on any atom is -0.296 e. The topological polar surface area (TPSA) is 46.2 Å². The van der Waals surface area contributed by atoms with E-state index >= 15 is 0 Å². The molecule has 0 saturated carbocycles. The monoisotopic (exact) mass is 259 g/mol. The summed E-state index contributed by atoms with van der Waals surface area (Å²) < 4.78 is 0. The third kappa shape index (κ3) is 3.22. The summed E-state index contributed by atoms with van der Waals surface area (Å²) in [7, 11) is 0. The number of carbonyl (C=O) groups excluding carboxylic acids is 2. The van der Waals surface area contributed by atoms with Gasteiger partial charge in [0.25, 0.3) is 0 Å². The van der Waals surface area contributed by atoms with Crippen LogP contribution >= 0.6 is 0 Å². The molecule has 1 N–H and O–H groups in total. The molecule has 1 aromatic carbocycles. The minimum atomic E-state index is -0.144. The highest BCUT2D eigenvalue weighted by molar-refractivity contribution is 5.99. The lowest BCUT2D eigenvalue weighted by atomic mass is 9.68. The second kappa shape index (κ2) is 5.16. The zero-order valence-corrected chi connectivity index (χ0v) is 11.8. The first-order valence-corrected chi connectivity index (χ1v) is 6.75. The Bertz CT molecular complexity index is 473. The van der Waals surface area contributed by atoms with Crippen molar-refractivity contribution in [2.24, 2.45) is 17.3 Å². The van der Waals surface area contributed by atoms with Crippen LogP contribution in [0, 0.1) is 17.3 Å². The molecule has 19 heavy (non-hydrogen) atoms. The predicted octanol–water partition coefficient (Wildman–Crippen LogP) is 2.55. The second-order valence-corrected chi connectivity index (χ2v) is 6.39. The number of hydrogen-bond acceptors (Lipinski definition) is 2. The first kappa shape index (κ1) is 13.8. The molecule has 2 amide bonds. The van der Waals surface area contributed by atoms with Crippen LogP contribution in [0.25, 0.3) is 0 Å². The Labute approximate surface area is 114 Å². The summed E-state index contributed by atoms with van der Waals surface area (Å²) in [5.41, 5.74) is 1.10. The number of imide groups is 1. The van der Waals surface area contributed by atoms with Crippen LogP contribution in [-0.4, -0.2) is 11.8 Å². The Morgan fingerprint density at radius 2 is 1.79 bits per heavy atom. The van der Waals surface area contributed by atoms with E-state index in [1.807, 2.05) is 30.3 Å². The highest BCUT2D eigenvalue weighted by Gasteiger charge is 2.41. The van der Waals surface area contributed by atoms with Crippen molar-refractivity contribution in [2.45, 2.75) is 33.6 Å². The number of carbonyl (C=O) groups is 2. The van der Waals surface area contributed by atoms with Gasteiger partial charge in [0.05, 0.1) is 0 Å². The highest BCUT2D eigenvalue weighted by Crippen LogP contribution is 2.38. The fourth-order valence-corrected chi connectivity index (χ4v) is 2.82. The van der Waals surface area contributed by atoms with Crippen molar-refractivity contribution in [1.29, 1.82) is 0 Å². The average molecular weight is 259 g/mol. The van der Waals surface area contributed by atoms with E-state index in [2.05, 4.69) is 26.1 Å². The van der Waals surface area contributed by atoms with Crippen molar-refractivity contribution in [3.8, 4) is 0 Å². The SMILES string of the molecule is CC(C)(C)C1CC(=O)NC(=O)C1Cc1ccccc1. The van der Waals surface area contributed by atoms with E-state index in [1.165, 1.54) is 0 Å². The van der Waals surface area contributed by atoms with Gasteiger partial charge in [0.15, 0.2) is 0 Å². The Kier molecular flexibility index (Phi) is 3.74. The maximum atomic E-state index is 12.1. The summed E-state index contributed by atoms with van der Waals surface area (Å²) in [4.78, 5) is 23.7. The zero-order valence-electron chi connectivity index (χ0n) is 11.8. The number of piperidine rings is 1.